The minimum absolute atomic E-state index is 0.653. The second-order valence-corrected chi connectivity index (χ2v) is 5.24. The summed E-state index contributed by atoms with van der Waals surface area (Å²) in [6, 6.07) is 8.87. The minimum Gasteiger partial charge on any atom is -0.330 e. The Hall–Kier alpha value is -0.860. The van der Waals surface area contributed by atoms with Crippen molar-refractivity contribution in [3.05, 3.63) is 35.4 Å². The van der Waals surface area contributed by atoms with Crippen LogP contribution in [0.1, 0.15) is 24.5 Å². The van der Waals surface area contributed by atoms with Gasteiger partial charge in [-0.2, -0.15) is 0 Å². The van der Waals surface area contributed by atoms with Crippen molar-refractivity contribution in [1.82, 2.24) is 4.90 Å². The van der Waals surface area contributed by atoms with Crippen molar-refractivity contribution >= 4 is 0 Å². The molecule has 1 aromatic carbocycles. The fraction of sp³-hybridized carbons (Fsp3) is 0.600. The van der Waals surface area contributed by atoms with Crippen LogP contribution >= 0.6 is 0 Å². The Morgan fingerprint density at radius 1 is 1.18 bits per heavy atom. The molecule has 0 aromatic heterocycles. The van der Waals surface area contributed by atoms with E-state index in [-0.39, 0.29) is 0 Å². The molecule has 1 aromatic rings. The number of nitrogens with two attached hydrogens (primary N) is 1. The maximum absolute atomic E-state index is 5.67. The average Bonchev–Trinajstić information content (AvgIpc) is 2.58. The molecule has 1 unspecified atom stereocenters. The van der Waals surface area contributed by atoms with Crippen LogP contribution in [0.4, 0.5) is 0 Å². The second-order valence-electron chi connectivity index (χ2n) is 5.24. The molecular weight excluding hydrogens is 208 g/mol. The summed E-state index contributed by atoms with van der Waals surface area (Å²) in [6.07, 6.45) is 3.63. The summed E-state index contributed by atoms with van der Waals surface area (Å²) in [5.74, 6) is 0.653. The molecule has 1 aliphatic heterocycles. The molecule has 0 aliphatic carbocycles. The maximum atomic E-state index is 5.67. The number of fused-ring (bicyclic) bond motifs is 1. The normalized spacial score (nSPS) is 18.5. The van der Waals surface area contributed by atoms with Gasteiger partial charge in [0.2, 0.25) is 0 Å². The molecule has 0 spiro atoms. The van der Waals surface area contributed by atoms with E-state index in [1.807, 2.05) is 0 Å². The van der Waals surface area contributed by atoms with Crippen molar-refractivity contribution in [3.63, 3.8) is 0 Å². The third-order valence-electron chi connectivity index (χ3n) is 3.85. The molecule has 0 saturated carbocycles. The van der Waals surface area contributed by atoms with Crippen molar-refractivity contribution < 1.29 is 0 Å². The van der Waals surface area contributed by atoms with Gasteiger partial charge in [0, 0.05) is 13.1 Å². The first kappa shape index (κ1) is 12.6. The van der Waals surface area contributed by atoms with Gasteiger partial charge >= 0.3 is 0 Å². The van der Waals surface area contributed by atoms with E-state index in [0.717, 1.165) is 6.54 Å². The summed E-state index contributed by atoms with van der Waals surface area (Å²) in [5.41, 5.74) is 8.76. The Morgan fingerprint density at radius 3 is 2.29 bits per heavy atom. The summed E-state index contributed by atoms with van der Waals surface area (Å²) in [7, 11) is 0. The lowest BCUT2D eigenvalue weighted by molar-refractivity contribution is 0.267. The molecule has 1 atom stereocenters. The number of hydrogen-bond acceptors (Lipinski definition) is 2. The van der Waals surface area contributed by atoms with Crippen molar-refractivity contribution in [1.29, 1.82) is 0 Å². The molecule has 2 heteroatoms. The van der Waals surface area contributed by atoms with Gasteiger partial charge < -0.3 is 10.6 Å². The largest absolute Gasteiger partial charge is 0.330 e. The molecule has 0 saturated heterocycles. The number of nitrogens with zero attached hydrogens (tertiary/aromatic N) is 1. The predicted octanol–water partition coefficient (Wildman–Crippen LogP) is 2.07. The lowest BCUT2D eigenvalue weighted by Gasteiger charge is -2.21. The highest BCUT2D eigenvalue weighted by Gasteiger charge is 2.13. The first-order valence-electron chi connectivity index (χ1n) is 6.79. The van der Waals surface area contributed by atoms with E-state index in [1.54, 1.807) is 11.1 Å². The maximum Gasteiger partial charge on any atom is 0.00221 e. The van der Waals surface area contributed by atoms with Gasteiger partial charge in [-0.3, -0.25) is 0 Å². The van der Waals surface area contributed by atoms with Gasteiger partial charge in [-0.1, -0.05) is 31.2 Å². The van der Waals surface area contributed by atoms with E-state index >= 15 is 0 Å². The van der Waals surface area contributed by atoms with E-state index in [2.05, 4.69) is 36.1 Å². The second kappa shape index (κ2) is 6.18. The van der Waals surface area contributed by atoms with Crippen molar-refractivity contribution in [2.75, 3.05) is 26.2 Å². The van der Waals surface area contributed by atoms with Crippen LogP contribution < -0.4 is 5.73 Å². The Bertz CT molecular complexity index is 322. The zero-order chi connectivity index (χ0) is 12.1. The van der Waals surface area contributed by atoms with Gasteiger partial charge in [-0.25, -0.2) is 0 Å². The molecule has 0 amide bonds. The molecule has 2 rings (SSSR count). The Morgan fingerprint density at radius 2 is 1.76 bits per heavy atom. The van der Waals surface area contributed by atoms with Crippen LogP contribution in [-0.4, -0.2) is 31.1 Å². The molecule has 2 nitrogen and oxygen atoms in total. The van der Waals surface area contributed by atoms with Crippen molar-refractivity contribution in [2.24, 2.45) is 11.7 Å². The van der Waals surface area contributed by atoms with Gasteiger partial charge in [-0.15, -0.1) is 0 Å². The molecule has 0 fully saturated rings. The van der Waals surface area contributed by atoms with Gasteiger partial charge in [0.25, 0.3) is 0 Å². The number of rotatable bonds is 4. The van der Waals surface area contributed by atoms with E-state index in [9.17, 15) is 0 Å². The van der Waals surface area contributed by atoms with E-state index in [1.165, 1.54) is 38.9 Å². The summed E-state index contributed by atoms with van der Waals surface area (Å²) < 4.78 is 0. The lowest BCUT2D eigenvalue weighted by atomic mass is 10.0. The molecule has 0 radical (unpaired) electrons. The Labute approximate surface area is 105 Å². The van der Waals surface area contributed by atoms with Gasteiger partial charge in [0.15, 0.2) is 0 Å². The number of benzene rings is 1. The van der Waals surface area contributed by atoms with Gasteiger partial charge in [0.05, 0.1) is 0 Å². The predicted molar refractivity (Wildman–Crippen MR) is 73.1 cm³/mol. The Balaban J connectivity index is 1.86. The van der Waals surface area contributed by atoms with E-state index in [4.69, 9.17) is 5.73 Å². The van der Waals surface area contributed by atoms with Crippen LogP contribution in [-0.2, 0) is 12.8 Å². The van der Waals surface area contributed by atoms with Crippen LogP contribution in [0.3, 0.4) is 0 Å². The fourth-order valence-electron chi connectivity index (χ4n) is 2.46. The molecule has 1 aliphatic rings. The summed E-state index contributed by atoms with van der Waals surface area (Å²) in [4.78, 5) is 2.59. The summed E-state index contributed by atoms with van der Waals surface area (Å²) >= 11 is 0. The highest BCUT2D eigenvalue weighted by atomic mass is 15.1. The SMILES string of the molecule is CC(CN)CCN1CCc2ccccc2CC1. The fourth-order valence-corrected chi connectivity index (χ4v) is 2.46. The zero-order valence-corrected chi connectivity index (χ0v) is 10.9. The first-order valence-corrected chi connectivity index (χ1v) is 6.79. The quantitative estimate of drug-likeness (QED) is 0.861. The average molecular weight is 232 g/mol. The third-order valence-corrected chi connectivity index (χ3v) is 3.85. The topological polar surface area (TPSA) is 29.3 Å². The van der Waals surface area contributed by atoms with E-state index < -0.39 is 0 Å². The molecule has 94 valence electrons. The molecule has 2 N–H and O–H groups in total. The van der Waals surface area contributed by atoms with Crippen molar-refractivity contribution in [3.8, 4) is 0 Å². The minimum atomic E-state index is 0.653. The summed E-state index contributed by atoms with van der Waals surface area (Å²) in [6.45, 7) is 6.66. The lowest BCUT2D eigenvalue weighted by Crippen LogP contribution is -2.29. The van der Waals surface area contributed by atoms with Crippen LogP contribution in [0.15, 0.2) is 24.3 Å². The van der Waals surface area contributed by atoms with Crippen LogP contribution in [0.25, 0.3) is 0 Å². The standard InChI is InChI=1S/C15H24N2/c1-13(12-16)6-9-17-10-7-14-4-2-3-5-15(14)8-11-17/h2-5,13H,6-12,16H2,1H3. The highest BCUT2D eigenvalue weighted by Crippen LogP contribution is 2.16. The van der Waals surface area contributed by atoms with Gasteiger partial charge in [-0.05, 0) is 49.4 Å². The third kappa shape index (κ3) is 3.55. The van der Waals surface area contributed by atoms with E-state index in [0.29, 0.717) is 5.92 Å². The zero-order valence-electron chi connectivity index (χ0n) is 10.9. The molecular formula is C15H24N2. The van der Waals surface area contributed by atoms with Gasteiger partial charge in [0.1, 0.15) is 0 Å². The molecule has 0 bridgehead atoms. The summed E-state index contributed by atoms with van der Waals surface area (Å²) in [5, 5.41) is 0. The smallest absolute Gasteiger partial charge is 0.00221 e. The van der Waals surface area contributed by atoms with Crippen LogP contribution in [0, 0.1) is 5.92 Å². The molecule has 1 heterocycles. The highest BCUT2D eigenvalue weighted by molar-refractivity contribution is 5.28. The number of hydrogen-bond donors (Lipinski definition) is 1. The first-order chi connectivity index (χ1) is 8.29. The Kier molecular flexibility index (Phi) is 4.57. The van der Waals surface area contributed by atoms with Crippen LogP contribution in [0.5, 0.6) is 0 Å². The van der Waals surface area contributed by atoms with Crippen LogP contribution in [0.2, 0.25) is 0 Å². The van der Waals surface area contributed by atoms with Crippen molar-refractivity contribution in [2.45, 2.75) is 26.2 Å². The monoisotopic (exact) mass is 232 g/mol. The molecule has 17 heavy (non-hydrogen) atoms.